The minimum Gasteiger partial charge on any atom is -0.351 e. The molecular formula is C10H9F3N4S. The summed E-state index contributed by atoms with van der Waals surface area (Å²) in [6.07, 6.45) is -4.39. The number of aromatic amines is 1. The van der Waals surface area contributed by atoms with E-state index in [1.54, 1.807) is 12.1 Å². The number of aromatic nitrogens is 1. The highest BCUT2D eigenvalue weighted by Crippen LogP contribution is 2.31. The number of rotatable bonds is 1. The van der Waals surface area contributed by atoms with E-state index >= 15 is 0 Å². The molecule has 0 fully saturated rings. The first-order valence-corrected chi connectivity index (χ1v) is 5.28. The molecule has 0 aliphatic carbocycles. The lowest BCUT2D eigenvalue weighted by Crippen LogP contribution is -2.34. The molecule has 96 valence electrons. The molecule has 0 saturated carbocycles. The summed E-state index contributed by atoms with van der Waals surface area (Å²) in [5.74, 6) is 5.09. The van der Waals surface area contributed by atoms with Gasteiger partial charge in [-0.25, -0.2) is 5.84 Å². The number of fused-ring (bicyclic) bond motifs is 1. The third-order valence-corrected chi connectivity index (χ3v) is 2.54. The van der Waals surface area contributed by atoms with E-state index in [0.29, 0.717) is 16.6 Å². The molecule has 0 saturated heterocycles. The van der Waals surface area contributed by atoms with Crippen LogP contribution in [0.1, 0.15) is 5.69 Å². The van der Waals surface area contributed by atoms with Crippen LogP contribution in [0.5, 0.6) is 0 Å². The Bertz CT molecular complexity index is 590. The summed E-state index contributed by atoms with van der Waals surface area (Å²) in [4.78, 5) is 2.30. The Labute approximate surface area is 105 Å². The SMILES string of the molecule is NNC(=S)Nc1ccc2[nH]c(C(F)(F)F)cc2c1. The van der Waals surface area contributed by atoms with Crippen LogP contribution in [-0.4, -0.2) is 10.1 Å². The molecule has 8 heteroatoms. The van der Waals surface area contributed by atoms with E-state index in [0.717, 1.165) is 6.07 Å². The topological polar surface area (TPSA) is 65.9 Å². The molecule has 1 aromatic carbocycles. The maximum atomic E-state index is 12.5. The molecule has 2 rings (SSSR count). The van der Waals surface area contributed by atoms with Crippen LogP contribution in [0.15, 0.2) is 24.3 Å². The molecule has 0 unspecified atom stereocenters. The normalized spacial score (nSPS) is 11.6. The third-order valence-electron chi connectivity index (χ3n) is 2.32. The quantitative estimate of drug-likeness (QED) is 0.366. The number of hydrogen-bond acceptors (Lipinski definition) is 2. The number of thiocarbonyl (C=S) groups is 1. The van der Waals surface area contributed by atoms with Gasteiger partial charge in [-0.05, 0) is 36.5 Å². The number of hydrazine groups is 1. The van der Waals surface area contributed by atoms with Gasteiger partial charge in [0.05, 0.1) is 0 Å². The van der Waals surface area contributed by atoms with Gasteiger partial charge in [-0.2, -0.15) is 13.2 Å². The van der Waals surface area contributed by atoms with Gasteiger partial charge in [-0.1, -0.05) is 0 Å². The molecule has 1 aromatic heterocycles. The maximum absolute atomic E-state index is 12.5. The van der Waals surface area contributed by atoms with Crippen LogP contribution in [0.3, 0.4) is 0 Å². The number of halogens is 3. The standard InChI is InChI=1S/C10H9F3N4S/c11-10(12,13)8-4-5-3-6(15-9(18)17-14)1-2-7(5)16-8/h1-4,16H,14H2,(H2,15,17,18). The fourth-order valence-corrected chi connectivity index (χ4v) is 1.65. The van der Waals surface area contributed by atoms with Gasteiger partial charge in [0.1, 0.15) is 5.69 Å². The van der Waals surface area contributed by atoms with E-state index in [9.17, 15) is 13.2 Å². The highest BCUT2D eigenvalue weighted by molar-refractivity contribution is 7.80. The molecule has 0 aliphatic rings. The first-order chi connectivity index (χ1) is 8.40. The largest absolute Gasteiger partial charge is 0.431 e. The lowest BCUT2D eigenvalue weighted by molar-refractivity contribution is -0.140. The van der Waals surface area contributed by atoms with E-state index in [1.165, 1.54) is 6.07 Å². The van der Waals surface area contributed by atoms with E-state index < -0.39 is 11.9 Å². The highest BCUT2D eigenvalue weighted by Gasteiger charge is 2.32. The zero-order valence-corrected chi connectivity index (χ0v) is 9.75. The van der Waals surface area contributed by atoms with Crippen molar-refractivity contribution in [2.75, 3.05) is 5.32 Å². The van der Waals surface area contributed by atoms with Gasteiger partial charge >= 0.3 is 6.18 Å². The van der Waals surface area contributed by atoms with Gasteiger partial charge in [-0.15, -0.1) is 0 Å². The summed E-state index contributed by atoms with van der Waals surface area (Å²) in [7, 11) is 0. The maximum Gasteiger partial charge on any atom is 0.431 e. The van der Waals surface area contributed by atoms with Crippen molar-refractivity contribution in [3.05, 3.63) is 30.0 Å². The Morgan fingerprint density at radius 2 is 2.00 bits per heavy atom. The lowest BCUT2D eigenvalue weighted by Gasteiger charge is -2.06. The number of alkyl halides is 3. The molecule has 18 heavy (non-hydrogen) atoms. The Kier molecular flexibility index (Phi) is 3.14. The van der Waals surface area contributed by atoms with Crippen molar-refractivity contribution in [3.63, 3.8) is 0 Å². The zero-order valence-electron chi connectivity index (χ0n) is 8.93. The van der Waals surface area contributed by atoms with Crippen LogP contribution in [0, 0.1) is 0 Å². The minimum atomic E-state index is -4.39. The first kappa shape index (κ1) is 12.7. The summed E-state index contributed by atoms with van der Waals surface area (Å²) in [5.41, 5.74) is 2.40. The molecule has 0 bridgehead atoms. The molecule has 4 nitrogen and oxygen atoms in total. The predicted octanol–water partition coefficient (Wildman–Crippen LogP) is 2.35. The number of hydrogen-bond donors (Lipinski definition) is 4. The lowest BCUT2D eigenvalue weighted by atomic mass is 10.2. The van der Waals surface area contributed by atoms with Crippen LogP contribution < -0.4 is 16.6 Å². The molecule has 2 aromatic rings. The van der Waals surface area contributed by atoms with Gasteiger partial charge in [0, 0.05) is 16.6 Å². The summed E-state index contributed by atoms with van der Waals surface area (Å²) < 4.78 is 37.5. The van der Waals surface area contributed by atoms with Crippen molar-refractivity contribution in [2.45, 2.75) is 6.18 Å². The van der Waals surface area contributed by atoms with Gasteiger partial charge in [0.15, 0.2) is 5.11 Å². The molecular weight excluding hydrogens is 265 g/mol. The van der Waals surface area contributed by atoms with E-state index in [1.807, 2.05) is 0 Å². The van der Waals surface area contributed by atoms with Crippen molar-refractivity contribution < 1.29 is 13.2 Å². The van der Waals surface area contributed by atoms with Gasteiger partial charge in [-0.3, -0.25) is 0 Å². The highest BCUT2D eigenvalue weighted by atomic mass is 32.1. The molecule has 0 atom stereocenters. The average molecular weight is 274 g/mol. The van der Waals surface area contributed by atoms with E-state index in [4.69, 9.17) is 18.1 Å². The molecule has 0 spiro atoms. The van der Waals surface area contributed by atoms with Crippen LogP contribution in [0.2, 0.25) is 0 Å². The van der Waals surface area contributed by atoms with Gasteiger partial charge < -0.3 is 15.7 Å². The van der Waals surface area contributed by atoms with Crippen molar-refractivity contribution in [2.24, 2.45) is 5.84 Å². The van der Waals surface area contributed by atoms with Crippen molar-refractivity contribution in [1.29, 1.82) is 0 Å². The smallest absolute Gasteiger partial charge is 0.351 e. The molecule has 0 aliphatic heterocycles. The van der Waals surface area contributed by atoms with Crippen LogP contribution in [0.25, 0.3) is 10.9 Å². The van der Waals surface area contributed by atoms with Crippen LogP contribution >= 0.6 is 12.2 Å². The fourth-order valence-electron chi connectivity index (χ4n) is 1.53. The number of anilines is 1. The van der Waals surface area contributed by atoms with Crippen LogP contribution in [-0.2, 0) is 6.18 Å². The summed E-state index contributed by atoms with van der Waals surface area (Å²) in [6, 6.07) is 5.72. The Hall–Kier alpha value is -1.80. The fraction of sp³-hybridized carbons (Fsp3) is 0.100. The average Bonchev–Trinajstić information content (AvgIpc) is 2.71. The summed E-state index contributed by atoms with van der Waals surface area (Å²) in [6.45, 7) is 0. The number of H-pyrrole nitrogens is 1. The first-order valence-electron chi connectivity index (χ1n) is 4.88. The van der Waals surface area contributed by atoms with Crippen molar-refractivity contribution in [3.8, 4) is 0 Å². The summed E-state index contributed by atoms with van der Waals surface area (Å²) in [5, 5.41) is 3.35. The number of benzene rings is 1. The molecule has 0 amide bonds. The minimum absolute atomic E-state index is 0.181. The zero-order chi connectivity index (χ0) is 13.3. The van der Waals surface area contributed by atoms with Crippen molar-refractivity contribution in [1.82, 2.24) is 10.4 Å². The second-order valence-corrected chi connectivity index (χ2v) is 3.99. The predicted molar refractivity (Wildman–Crippen MR) is 66.8 cm³/mol. The third kappa shape index (κ3) is 2.54. The Balaban J connectivity index is 2.37. The van der Waals surface area contributed by atoms with Gasteiger partial charge in [0.2, 0.25) is 0 Å². The van der Waals surface area contributed by atoms with E-state index in [-0.39, 0.29) is 5.11 Å². The molecule has 1 heterocycles. The number of nitrogens with one attached hydrogen (secondary N) is 3. The van der Waals surface area contributed by atoms with Gasteiger partial charge in [0.25, 0.3) is 0 Å². The van der Waals surface area contributed by atoms with Crippen LogP contribution in [0.4, 0.5) is 18.9 Å². The van der Waals surface area contributed by atoms with Crippen molar-refractivity contribution >= 4 is 33.9 Å². The Morgan fingerprint density at radius 1 is 1.28 bits per heavy atom. The second kappa shape index (κ2) is 4.46. The van der Waals surface area contributed by atoms with E-state index in [2.05, 4.69) is 15.7 Å². The molecule has 5 N–H and O–H groups in total. The second-order valence-electron chi connectivity index (χ2n) is 3.58. The summed E-state index contributed by atoms with van der Waals surface area (Å²) >= 11 is 4.79. The number of nitrogens with two attached hydrogens (primary N) is 1. The monoisotopic (exact) mass is 274 g/mol. The molecule has 0 radical (unpaired) electrons. The Morgan fingerprint density at radius 3 is 2.61 bits per heavy atom.